The molecule has 1 amide bonds. The lowest BCUT2D eigenvalue weighted by Crippen LogP contribution is -2.28. The Kier molecular flexibility index (Phi) is 5.79. The van der Waals surface area contributed by atoms with Crippen molar-refractivity contribution in [2.24, 2.45) is 11.3 Å². The van der Waals surface area contributed by atoms with Crippen molar-refractivity contribution in [3.63, 3.8) is 0 Å². The van der Waals surface area contributed by atoms with Crippen molar-refractivity contribution >= 4 is 38.8 Å². The Morgan fingerprint density at radius 3 is 2.71 bits per heavy atom. The number of fused-ring (bicyclic) bond motifs is 5. The maximum Gasteiger partial charge on any atom is 0.365 e. The number of carbonyl (C=O) groups excluding carboxylic acids is 1. The van der Waals surface area contributed by atoms with Crippen molar-refractivity contribution in [1.82, 2.24) is 19.2 Å². The topological polar surface area (TPSA) is 99.8 Å². The highest BCUT2D eigenvalue weighted by molar-refractivity contribution is 7.19. The highest BCUT2D eigenvalue weighted by atomic mass is 32.1. The van der Waals surface area contributed by atoms with Crippen molar-refractivity contribution < 1.29 is 14.3 Å². The quantitative estimate of drug-likeness (QED) is 0.451. The average Bonchev–Trinajstić information content (AvgIpc) is 3.34. The Hall–Kier alpha value is -3.40. The van der Waals surface area contributed by atoms with Crippen molar-refractivity contribution in [2.75, 3.05) is 19.5 Å². The van der Waals surface area contributed by atoms with E-state index in [1.165, 1.54) is 22.2 Å². The maximum atomic E-state index is 12.8. The largest absolute Gasteiger partial charge is 0.493 e. The van der Waals surface area contributed by atoms with E-state index in [1.54, 1.807) is 47.5 Å². The molecule has 0 radical (unpaired) electrons. The summed E-state index contributed by atoms with van der Waals surface area (Å²) in [5.74, 6) is 1.31. The summed E-state index contributed by atoms with van der Waals surface area (Å²) in [5.41, 5.74) is 2.11. The van der Waals surface area contributed by atoms with Crippen LogP contribution in [0.3, 0.4) is 0 Å². The molecule has 4 aromatic rings. The number of thiophene rings is 1. The molecule has 1 unspecified atom stereocenters. The summed E-state index contributed by atoms with van der Waals surface area (Å²) in [5, 5.41) is 3.75. The molecular formula is C25H29N5O4S. The molecule has 9 nitrogen and oxygen atoms in total. The molecule has 35 heavy (non-hydrogen) atoms. The second kappa shape index (κ2) is 8.67. The number of benzene rings is 1. The van der Waals surface area contributed by atoms with Gasteiger partial charge in [-0.1, -0.05) is 20.8 Å². The summed E-state index contributed by atoms with van der Waals surface area (Å²) in [4.78, 5) is 36.8. The fraction of sp³-hybridized carbons (Fsp3) is 0.440. The average molecular weight is 496 g/mol. The second-order valence-electron chi connectivity index (χ2n) is 9.97. The Morgan fingerprint density at radius 2 is 2.00 bits per heavy atom. The lowest BCUT2D eigenvalue weighted by atomic mass is 9.72. The minimum Gasteiger partial charge on any atom is -0.493 e. The fourth-order valence-electron chi connectivity index (χ4n) is 4.83. The van der Waals surface area contributed by atoms with Gasteiger partial charge in [0.15, 0.2) is 17.1 Å². The molecule has 0 bridgehead atoms. The van der Waals surface area contributed by atoms with Gasteiger partial charge in [-0.2, -0.15) is 4.98 Å². The predicted molar refractivity (Wildman–Crippen MR) is 136 cm³/mol. The van der Waals surface area contributed by atoms with E-state index >= 15 is 0 Å². The first-order chi connectivity index (χ1) is 16.7. The van der Waals surface area contributed by atoms with Crippen LogP contribution in [0.1, 0.15) is 37.6 Å². The first-order valence-corrected chi connectivity index (χ1v) is 12.4. The predicted octanol–water partition coefficient (Wildman–Crippen LogP) is 3.91. The van der Waals surface area contributed by atoms with Gasteiger partial charge in [0.2, 0.25) is 5.91 Å². The van der Waals surface area contributed by atoms with E-state index in [9.17, 15) is 9.59 Å². The number of hydrogen-bond donors (Lipinski definition) is 1. The molecule has 5 rings (SSSR count). The van der Waals surface area contributed by atoms with Crippen LogP contribution in [0.25, 0.3) is 15.9 Å². The molecule has 0 aliphatic heterocycles. The van der Waals surface area contributed by atoms with E-state index in [0.29, 0.717) is 28.8 Å². The van der Waals surface area contributed by atoms with Crippen LogP contribution in [0.5, 0.6) is 11.5 Å². The van der Waals surface area contributed by atoms with E-state index in [-0.39, 0.29) is 17.9 Å². The highest BCUT2D eigenvalue weighted by Gasteiger charge is 2.32. The second-order valence-corrected chi connectivity index (χ2v) is 11.1. The maximum absolute atomic E-state index is 12.8. The first-order valence-electron chi connectivity index (χ1n) is 11.6. The number of hydrogen-bond acceptors (Lipinski definition) is 7. The summed E-state index contributed by atoms with van der Waals surface area (Å²) < 4.78 is 13.4. The molecule has 3 aromatic heterocycles. The zero-order valence-electron chi connectivity index (χ0n) is 20.5. The van der Waals surface area contributed by atoms with Crippen molar-refractivity contribution in [3.05, 3.63) is 45.5 Å². The van der Waals surface area contributed by atoms with Crippen molar-refractivity contribution in [3.8, 4) is 11.5 Å². The SMILES string of the molecule is COc1ccc(NC(=O)Cn2c(=O)nc3c4c5c(sc4ncn32)CC(C(C)(C)C)CC5)cc1OC. The van der Waals surface area contributed by atoms with E-state index in [2.05, 4.69) is 36.1 Å². The van der Waals surface area contributed by atoms with Crippen LogP contribution in [0.2, 0.25) is 0 Å². The van der Waals surface area contributed by atoms with Crippen LogP contribution in [0.15, 0.2) is 29.3 Å². The Labute approximate surface area is 206 Å². The molecule has 1 aliphatic carbocycles. The van der Waals surface area contributed by atoms with E-state index < -0.39 is 5.69 Å². The number of nitrogens with zero attached hydrogens (tertiary/aromatic N) is 4. The van der Waals surface area contributed by atoms with E-state index in [4.69, 9.17) is 9.47 Å². The number of aryl methyl sites for hydroxylation is 1. The molecular weight excluding hydrogens is 466 g/mol. The molecule has 0 saturated heterocycles. The van der Waals surface area contributed by atoms with Crippen LogP contribution in [0.4, 0.5) is 5.69 Å². The van der Waals surface area contributed by atoms with Gasteiger partial charge < -0.3 is 14.8 Å². The van der Waals surface area contributed by atoms with Gasteiger partial charge in [0, 0.05) is 16.6 Å². The molecule has 1 aliphatic rings. The molecule has 10 heteroatoms. The molecule has 0 saturated carbocycles. The third kappa shape index (κ3) is 4.16. The summed E-state index contributed by atoms with van der Waals surface area (Å²) in [7, 11) is 3.08. The normalized spacial score (nSPS) is 15.9. The van der Waals surface area contributed by atoms with Crippen LogP contribution in [-0.2, 0) is 24.2 Å². The third-order valence-electron chi connectivity index (χ3n) is 6.84. The van der Waals surface area contributed by atoms with Gasteiger partial charge in [-0.25, -0.2) is 19.0 Å². The number of ether oxygens (including phenoxy) is 2. The lowest BCUT2D eigenvalue weighted by molar-refractivity contribution is -0.117. The number of nitrogens with one attached hydrogen (secondary N) is 1. The van der Waals surface area contributed by atoms with Crippen molar-refractivity contribution in [1.29, 1.82) is 0 Å². The number of amides is 1. The monoisotopic (exact) mass is 495 g/mol. The number of aromatic nitrogens is 4. The van der Waals surface area contributed by atoms with Crippen LogP contribution < -0.4 is 20.5 Å². The number of carbonyl (C=O) groups is 1. The molecule has 0 fully saturated rings. The lowest BCUT2D eigenvalue weighted by Gasteiger charge is -2.33. The van der Waals surface area contributed by atoms with Gasteiger partial charge in [-0.05, 0) is 48.3 Å². The molecule has 1 N–H and O–H groups in total. The fourth-order valence-corrected chi connectivity index (χ4v) is 6.09. The number of methoxy groups -OCH3 is 2. The molecule has 184 valence electrons. The van der Waals surface area contributed by atoms with E-state index in [1.807, 2.05) is 0 Å². The standard InChI is InChI=1S/C25H29N5O4S/c1-25(2,3)14-6-8-16-19(10-14)35-23-21(16)22-28-24(32)29(30(22)13-26-23)12-20(31)27-15-7-9-17(33-4)18(11-15)34-5/h7,9,11,13-14H,6,8,10,12H2,1-5H3,(H,27,31). The highest BCUT2D eigenvalue weighted by Crippen LogP contribution is 2.43. The van der Waals surface area contributed by atoms with Crippen LogP contribution in [0, 0.1) is 11.3 Å². The van der Waals surface area contributed by atoms with Gasteiger partial charge in [0.25, 0.3) is 0 Å². The summed E-state index contributed by atoms with van der Waals surface area (Å²) in [6.07, 6.45) is 4.64. The smallest absolute Gasteiger partial charge is 0.365 e. The van der Waals surface area contributed by atoms with Gasteiger partial charge >= 0.3 is 5.69 Å². The van der Waals surface area contributed by atoms with Gasteiger partial charge in [-0.3, -0.25) is 4.79 Å². The van der Waals surface area contributed by atoms with Gasteiger partial charge in [0.1, 0.15) is 17.7 Å². The first kappa shape index (κ1) is 23.3. The Morgan fingerprint density at radius 1 is 1.23 bits per heavy atom. The molecule has 3 heterocycles. The minimum atomic E-state index is -0.481. The minimum absolute atomic E-state index is 0.194. The summed E-state index contributed by atoms with van der Waals surface area (Å²) in [6, 6.07) is 5.09. The number of anilines is 1. The van der Waals surface area contributed by atoms with Crippen molar-refractivity contribution in [2.45, 2.75) is 46.6 Å². The molecule has 0 spiro atoms. The Bertz CT molecular complexity index is 1490. The van der Waals surface area contributed by atoms with Crippen LogP contribution in [-0.4, -0.2) is 39.3 Å². The summed E-state index contributed by atoms with van der Waals surface area (Å²) in [6.45, 7) is 6.68. The third-order valence-corrected chi connectivity index (χ3v) is 8.00. The zero-order chi connectivity index (χ0) is 24.9. The van der Waals surface area contributed by atoms with Gasteiger partial charge in [0.05, 0.1) is 19.6 Å². The molecule has 1 aromatic carbocycles. The van der Waals surface area contributed by atoms with E-state index in [0.717, 1.165) is 29.5 Å². The molecule has 1 atom stereocenters. The van der Waals surface area contributed by atoms with Gasteiger partial charge in [-0.15, -0.1) is 11.3 Å². The number of rotatable bonds is 5. The van der Waals surface area contributed by atoms with Crippen LogP contribution >= 0.6 is 11.3 Å². The zero-order valence-corrected chi connectivity index (χ0v) is 21.4. The Balaban J connectivity index is 1.46. The summed E-state index contributed by atoms with van der Waals surface area (Å²) >= 11 is 1.69.